The Hall–Kier alpha value is -4.04. The largest absolute Gasteiger partial charge is 0.416 e. The van der Waals surface area contributed by atoms with Gasteiger partial charge in [-0.25, -0.2) is 15.0 Å². The number of piperazine rings is 1. The number of nitrogens with two attached hydrogens (primary N) is 1. The Kier molecular flexibility index (Phi) is 7.47. The van der Waals surface area contributed by atoms with Crippen LogP contribution in [-0.4, -0.2) is 86.7 Å². The summed E-state index contributed by atoms with van der Waals surface area (Å²) < 4.78 is 46.9. The van der Waals surface area contributed by atoms with E-state index in [0.29, 0.717) is 59.1 Å². The molecule has 5 rings (SSSR count). The van der Waals surface area contributed by atoms with Gasteiger partial charge in [-0.05, 0) is 43.7 Å². The van der Waals surface area contributed by atoms with Crippen molar-refractivity contribution < 1.29 is 22.7 Å². The van der Waals surface area contributed by atoms with E-state index in [0.717, 1.165) is 31.8 Å². The number of hydrogen-bond acceptors (Lipinski definition) is 9. The van der Waals surface area contributed by atoms with Crippen LogP contribution in [0.2, 0.25) is 0 Å². The van der Waals surface area contributed by atoms with E-state index in [1.165, 1.54) is 16.9 Å². The molecule has 1 amide bonds. The first-order chi connectivity index (χ1) is 19.0. The summed E-state index contributed by atoms with van der Waals surface area (Å²) in [5, 5.41) is 7.98. The van der Waals surface area contributed by atoms with Gasteiger partial charge in [0.1, 0.15) is 18.0 Å². The van der Waals surface area contributed by atoms with Crippen molar-refractivity contribution in [2.24, 2.45) is 0 Å². The Morgan fingerprint density at radius 1 is 1.12 bits per heavy atom. The van der Waals surface area contributed by atoms with Gasteiger partial charge in [-0.1, -0.05) is 0 Å². The van der Waals surface area contributed by atoms with Gasteiger partial charge < -0.3 is 20.7 Å². The lowest BCUT2D eigenvalue weighted by Gasteiger charge is -2.34. The molecule has 0 radical (unpaired) electrons. The second-order valence-corrected chi connectivity index (χ2v) is 9.79. The molecule has 40 heavy (non-hydrogen) atoms. The zero-order chi connectivity index (χ0) is 28.6. The number of nitrogens with one attached hydrogen (secondary N) is 1. The van der Waals surface area contributed by atoms with Gasteiger partial charge in [0.15, 0.2) is 11.3 Å². The lowest BCUT2D eigenvalue weighted by atomic mass is 10.0. The minimum Gasteiger partial charge on any atom is -0.399 e. The zero-order valence-corrected chi connectivity index (χ0v) is 22.4. The predicted octanol–water partition coefficient (Wildman–Crippen LogP) is 3.16. The maximum Gasteiger partial charge on any atom is 0.416 e. The highest BCUT2D eigenvalue weighted by atomic mass is 19.4. The van der Waals surface area contributed by atoms with Gasteiger partial charge in [0.2, 0.25) is 0 Å². The third kappa shape index (κ3) is 5.49. The summed E-state index contributed by atoms with van der Waals surface area (Å²) in [5.74, 6) is 0.562. The molecule has 1 atom stereocenters. The Labute approximate surface area is 228 Å². The Bertz CT molecular complexity index is 1550. The first-order valence-electron chi connectivity index (χ1n) is 12.8. The molecule has 0 saturated carbocycles. The van der Waals surface area contributed by atoms with Crippen molar-refractivity contribution >= 4 is 34.1 Å². The molecule has 4 aromatic rings. The van der Waals surface area contributed by atoms with Gasteiger partial charge >= 0.3 is 6.18 Å². The van der Waals surface area contributed by atoms with E-state index in [9.17, 15) is 18.0 Å². The fourth-order valence-electron chi connectivity index (χ4n) is 4.86. The molecule has 1 saturated heterocycles. The van der Waals surface area contributed by atoms with Crippen LogP contribution in [0.15, 0.2) is 30.6 Å². The topological polar surface area (TPSA) is 127 Å². The normalized spacial score (nSPS) is 15.6. The molecule has 0 unspecified atom stereocenters. The van der Waals surface area contributed by atoms with Crippen molar-refractivity contribution in [2.45, 2.75) is 26.1 Å². The molecule has 4 heterocycles. The van der Waals surface area contributed by atoms with E-state index in [1.807, 2.05) is 0 Å². The Balaban J connectivity index is 1.50. The quantitative estimate of drug-likeness (QED) is 0.330. The number of amides is 1. The van der Waals surface area contributed by atoms with Gasteiger partial charge in [0, 0.05) is 45.5 Å². The number of rotatable bonds is 7. The second-order valence-electron chi connectivity index (χ2n) is 9.79. The van der Waals surface area contributed by atoms with Gasteiger partial charge in [-0.2, -0.15) is 22.8 Å². The number of carbonyl (C=O) groups excluding carboxylic acids is 1. The third-order valence-corrected chi connectivity index (χ3v) is 6.98. The van der Waals surface area contributed by atoms with Gasteiger partial charge in [0.05, 0.1) is 29.2 Å². The number of halogens is 3. The number of aryl methyl sites for hydroxylation is 1. The van der Waals surface area contributed by atoms with E-state index in [1.54, 1.807) is 31.9 Å². The molecule has 3 aromatic heterocycles. The molecule has 1 aliphatic rings. The SMILES string of the molecule is COCCN1CCN(C(=O)c2cc3c(N[C@H](C)c4cc(N)cc(C(F)(F)F)c4)nc(C)nc3n3ncnc23)CC1. The molecular formula is C26H30F3N9O2. The number of benzene rings is 1. The number of hydrogen-bond donors (Lipinski definition) is 2. The smallest absolute Gasteiger partial charge is 0.399 e. The monoisotopic (exact) mass is 557 g/mol. The van der Waals surface area contributed by atoms with Crippen LogP contribution in [0.25, 0.3) is 16.7 Å². The lowest BCUT2D eigenvalue weighted by molar-refractivity contribution is -0.137. The zero-order valence-electron chi connectivity index (χ0n) is 22.4. The fraction of sp³-hybridized carbons (Fsp3) is 0.423. The molecule has 1 fully saturated rings. The summed E-state index contributed by atoms with van der Waals surface area (Å²) in [4.78, 5) is 31.1. The average Bonchev–Trinajstić information content (AvgIpc) is 3.41. The highest BCUT2D eigenvalue weighted by molar-refractivity contribution is 6.04. The number of nitrogen functional groups attached to an aromatic ring is 1. The Morgan fingerprint density at radius 3 is 2.58 bits per heavy atom. The van der Waals surface area contributed by atoms with Crippen LogP contribution in [0.5, 0.6) is 0 Å². The third-order valence-electron chi connectivity index (χ3n) is 6.98. The average molecular weight is 558 g/mol. The van der Waals surface area contributed by atoms with Crippen LogP contribution in [0.1, 0.15) is 40.3 Å². The van der Waals surface area contributed by atoms with Crippen molar-refractivity contribution in [2.75, 3.05) is 57.5 Å². The number of pyridine rings is 1. The number of aromatic nitrogens is 5. The van der Waals surface area contributed by atoms with Crippen LogP contribution in [0.3, 0.4) is 0 Å². The number of methoxy groups -OCH3 is 1. The predicted molar refractivity (Wildman–Crippen MR) is 143 cm³/mol. The molecule has 0 spiro atoms. The molecule has 3 N–H and O–H groups in total. The van der Waals surface area contributed by atoms with Gasteiger partial charge in [0.25, 0.3) is 5.91 Å². The molecule has 212 valence electrons. The first-order valence-corrected chi connectivity index (χ1v) is 12.8. The second kappa shape index (κ2) is 10.8. The fourth-order valence-corrected chi connectivity index (χ4v) is 4.86. The number of anilines is 2. The van der Waals surface area contributed by atoms with Crippen molar-refractivity contribution in [3.8, 4) is 0 Å². The lowest BCUT2D eigenvalue weighted by Crippen LogP contribution is -2.49. The maximum atomic E-state index is 13.7. The number of ether oxygens (including phenoxy) is 1. The number of alkyl halides is 3. The van der Waals surface area contributed by atoms with Crippen LogP contribution in [-0.2, 0) is 10.9 Å². The molecule has 1 aliphatic heterocycles. The summed E-state index contributed by atoms with van der Waals surface area (Å²) in [7, 11) is 1.66. The van der Waals surface area contributed by atoms with Crippen LogP contribution in [0.4, 0.5) is 24.7 Å². The first kappa shape index (κ1) is 27.5. The standard InChI is InChI=1S/C26H30F3N9O2/c1-15(17-10-18(26(27,28)29)12-19(30)11-17)33-22-20-13-21(23-31-14-32-38(23)24(20)35-16(2)34-22)25(39)37-6-4-36(5-7-37)8-9-40-3/h10-15H,4-9,30H2,1-3H3,(H,33,34,35)/t15-/m1/s1. The van der Waals surface area contributed by atoms with Crippen molar-refractivity contribution in [1.82, 2.24) is 34.4 Å². The maximum absolute atomic E-state index is 13.7. The van der Waals surface area contributed by atoms with Crippen molar-refractivity contribution in [3.05, 3.63) is 53.1 Å². The highest BCUT2D eigenvalue weighted by Crippen LogP contribution is 2.34. The van der Waals surface area contributed by atoms with Gasteiger partial charge in [-0.15, -0.1) is 0 Å². The minimum absolute atomic E-state index is 0.00160. The van der Waals surface area contributed by atoms with Crippen LogP contribution in [0, 0.1) is 6.92 Å². The Morgan fingerprint density at radius 2 is 1.88 bits per heavy atom. The molecule has 1 aromatic carbocycles. The number of nitrogens with zero attached hydrogens (tertiary/aromatic N) is 7. The highest BCUT2D eigenvalue weighted by Gasteiger charge is 2.32. The molecule has 0 aliphatic carbocycles. The summed E-state index contributed by atoms with van der Waals surface area (Å²) in [6.45, 7) is 7.36. The van der Waals surface area contributed by atoms with Crippen molar-refractivity contribution in [1.29, 1.82) is 0 Å². The molecular weight excluding hydrogens is 527 g/mol. The van der Waals surface area contributed by atoms with Crippen molar-refractivity contribution in [3.63, 3.8) is 0 Å². The van der Waals surface area contributed by atoms with E-state index < -0.39 is 17.8 Å². The van der Waals surface area contributed by atoms with Gasteiger partial charge in [-0.3, -0.25) is 9.69 Å². The van der Waals surface area contributed by atoms with Crippen LogP contribution < -0.4 is 11.1 Å². The number of carbonyl (C=O) groups is 1. The van der Waals surface area contributed by atoms with E-state index in [2.05, 4.69) is 30.3 Å². The number of fused-ring (bicyclic) bond motifs is 3. The summed E-state index contributed by atoms with van der Waals surface area (Å²) in [5.41, 5.74) is 6.40. The summed E-state index contributed by atoms with van der Waals surface area (Å²) in [6.07, 6.45) is -3.18. The minimum atomic E-state index is -4.54. The van der Waals surface area contributed by atoms with E-state index in [-0.39, 0.29) is 11.6 Å². The van der Waals surface area contributed by atoms with Crippen LogP contribution >= 0.6 is 0 Å². The van der Waals surface area contributed by atoms with E-state index in [4.69, 9.17) is 10.5 Å². The molecule has 0 bridgehead atoms. The molecule has 14 heteroatoms. The van der Waals surface area contributed by atoms with E-state index >= 15 is 0 Å². The summed E-state index contributed by atoms with van der Waals surface area (Å²) >= 11 is 0. The molecule has 11 nitrogen and oxygen atoms in total. The summed E-state index contributed by atoms with van der Waals surface area (Å²) in [6, 6.07) is 4.51.